The van der Waals surface area contributed by atoms with Crippen LogP contribution < -0.4 is 5.32 Å². The summed E-state index contributed by atoms with van der Waals surface area (Å²) in [6, 6.07) is 3.62. The van der Waals surface area contributed by atoms with E-state index in [1.807, 2.05) is 13.0 Å². The number of aromatic nitrogens is 1. The van der Waals surface area contributed by atoms with Crippen molar-refractivity contribution in [1.29, 1.82) is 0 Å². The Labute approximate surface area is 124 Å². The van der Waals surface area contributed by atoms with Crippen molar-refractivity contribution in [3.63, 3.8) is 0 Å². The Kier molecular flexibility index (Phi) is 5.51. The standard InChI is InChI=1S/C13H18ClN3OS/c1-10(12-8-11(14)2-3-15-12)13(19)16-9-17-4-6-18-7-5-17/h2-3,8,10H,4-7,9H2,1H3,(H,16,19). The van der Waals surface area contributed by atoms with Crippen LogP contribution >= 0.6 is 23.8 Å². The number of hydrogen-bond donors (Lipinski definition) is 1. The minimum absolute atomic E-state index is 0.0646. The van der Waals surface area contributed by atoms with E-state index in [0.717, 1.165) is 43.7 Å². The van der Waals surface area contributed by atoms with E-state index >= 15 is 0 Å². The largest absolute Gasteiger partial charge is 0.379 e. The highest BCUT2D eigenvalue weighted by molar-refractivity contribution is 7.80. The zero-order chi connectivity index (χ0) is 13.7. The van der Waals surface area contributed by atoms with Crippen molar-refractivity contribution >= 4 is 28.8 Å². The zero-order valence-corrected chi connectivity index (χ0v) is 12.5. The second-order valence-corrected chi connectivity index (χ2v) is 5.43. The molecule has 0 bridgehead atoms. The van der Waals surface area contributed by atoms with Crippen LogP contribution in [0.4, 0.5) is 0 Å². The third-order valence-electron chi connectivity index (χ3n) is 3.16. The lowest BCUT2D eigenvalue weighted by Gasteiger charge is -2.27. The third-order valence-corrected chi connectivity index (χ3v) is 3.89. The quantitative estimate of drug-likeness (QED) is 0.861. The first kappa shape index (κ1) is 14.7. The molecule has 4 nitrogen and oxygen atoms in total. The van der Waals surface area contributed by atoms with E-state index in [1.165, 1.54) is 0 Å². The number of hydrogen-bond acceptors (Lipinski definition) is 4. The predicted octanol–water partition coefficient (Wildman–Crippen LogP) is 2.05. The molecule has 19 heavy (non-hydrogen) atoms. The number of nitrogens with one attached hydrogen (secondary N) is 1. The van der Waals surface area contributed by atoms with E-state index in [2.05, 4.69) is 15.2 Å². The van der Waals surface area contributed by atoms with Crippen LogP contribution in [0.2, 0.25) is 5.02 Å². The smallest absolute Gasteiger partial charge is 0.0852 e. The van der Waals surface area contributed by atoms with Crippen LogP contribution in [0.5, 0.6) is 0 Å². The number of ether oxygens (including phenoxy) is 1. The first-order valence-corrected chi connectivity index (χ1v) is 7.14. The Bertz CT molecular complexity index is 438. The Morgan fingerprint density at radius 1 is 1.58 bits per heavy atom. The maximum Gasteiger partial charge on any atom is 0.0852 e. The molecule has 1 aromatic heterocycles. The SMILES string of the molecule is CC(C(=S)NCN1CCOCC1)c1cc(Cl)ccn1. The van der Waals surface area contributed by atoms with Crippen molar-refractivity contribution in [2.24, 2.45) is 0 Å². The predicted molar refractivity (Wildman–Crippen MR) is 80.7 cm³/mol. The summed E-state index contributed by atoms with van der Waals surface area (Å²) in [5.41, 5.74) is 0.895. The van der Waals surface area contributed by atoms with Crippen molar-refractivity contribution < 1.29 is 4.74 Å². The molecule has 1 aliphatic heterocycles. The Balaban J connectivity index is 1.85. The van der Waals surface area contributed by atoms with Gasteiger partial charge in [-0.25, -0.2) is 0 Å². The number of thiocarbonyl (C=S) groups is 1. The average molecular weight is 300 g/mol. The molecule has 1 atom stereocenters. The van der Waals surface area contributed by atoms with Gasteiger partial charge in [-0.1, -0.05) is 30.7 Å². The molecule has 1 N–H and O–H groups in total. The monoisotopic (exact) mass is 299 g/mol. The Morgan fingerprint density at radius 3 is 3.00 bits per heavy atom. The van der Waals surface area contributed by atoms with Crippen LogP contribution in [0.25, 0.3) is 0 Å². The van der Waals surface area contributed by atoms with Gasteiger partial charge in [-0.3, -0.25) is 9.88 Å². The molecule has 2 heterocycles. The fourth-order valence-corrected chi connectivity index (χ4v) is 2.25. The van der Waals surface area contributed by atoms with Gasteiger partial charge in [0.15, 0.2) is 0 Å². The van der Waals surface area contributed by atoms with Gasteiger partial charge >= 0.3 is 0 Å². The third kappa shape index (κ3) is 4.38. The van der Waals surface area contributed by atoms with E-state index in [4.69, 9.17) is 28.6 Å². The van der Waals surface area contributed by atoms with Gasteiger partial charge in [0.25, 0.3) is 0 Å². The summed E-state index contributed by atoms with van der Waals surface area (Å²) in [7, 11) is 0. The Morgan fingerprint density at radius 2 is 2.32 bits per heavy atom. The molecule has 104 valence electrons. The maximum atomic E-state index is 5.97. The maximum absolute atomic E-state index is 5.97. The van der Waals surface area contributed by atoms with Gasteiger partial charge in [-0.15, -0.1) is 0 Å². The van der Waals surface area contributed by atoms with Crippen LogP contribution in [0, 0.1) is 0 Å². The van der Waals surface area contributed by atoms with Crippen LogP contribution in [0.15, 0.2) is 18.3 Å². The fraction of sp³-hybridized carbons (Fsp3) is 0.538. The molecule has 0 aromatic carbocycles. The molecule has 0 radical (unpaired) electrons. The number of morpholine rings is 1. The lowest BCUT2D eigenvalue weighted by Crippen LogP contribution is -2.44. The first-order valence-electron chi connectivity index (χ1n) is 6.36. The highest BCUT2D eigenvalue weighted by Gasteiger charge is 2.15. The van der Waals surface area contributed by atoms with E-state index in [9.17, 15) is 0 Å². The van der Waals surface area contributed by atoms with E-state index in [0.29, 0.717) is 5.02 Å². The normalized spacial score (nSPS) is 18.0. The topological polar surface area (TPSA) is 37.4 Å². The van der Waals surface area contributed by atoms with Crippen LogP contribution in [-0.4, -0.2) is 47.8 Å². The summed E-state index contributed by atoms with van der Waals surface area (Å²) in [5.74, 6) is 0.0646. The zero-order valence-electron chi connectivity index (χ0n) is 10.9. The van der Waals surface area contributed by atoms with Gasteiger partial charge in [0.1, 0.15) is 0 Å². The molecule has 1 unspecified atom stereocenters. The van der Waals surface area contributed by atoms with Gasteiger partial charge in [0.05, 0.1) is 30.6 Å². The molecule has 0 amide bonds. The van der Waals surface area contributed by atoms with E-state index in [1.54, 1.807) is 12.3 Å². The van der Waals surface area contributed by atoms with Gasteiger partial charge in [0, 0.05) is 30.2 Å². The van der Waals surface area contributed by atoms with Crippen LogP contribution in [0.1, 0.15) is 18.5 Å². The molecular formula is C13H18ClN3OS. The lowest BCUT2D eigenvalue weighted by molar-refractivity contribution is 0.0366. The molecule has 1 saturated heterocycles. The Hall–Kier alpha value is -0.750. The molecule has 0 saturated carbocycles. The summed E-state index contributed by atoms with van der Waals surface area (Å²) in [5, 5.41) is 3.98. The van der Waals surface area contributed by atoms with E-state index in [-0.39, 0.29) is 5.92 Å². The summed E-state index contributed by atoms with van der Waals surface area (Å²) in [6.45, 7) is 6.26. The minimum atomic E-state index is 0.0646. The summed E-state index contributed by atoms with van der Waals surface area (Å²) in [4.78, 5) is 7.39. The van der Waals surface area contributed by atoms with Gasteiger partial charge in [0.2, 0.25) is 0 Å². The van der Waals surface area contributed by atoms with E-state index < -0.39 is 0 Å². The minimum Gasteiger partial charge on any atom is -0.379 e. The van der Waals surface area contributed by atoms with Gasteiger partial charge in [-0.2, -0.15) is 0 Å². The lowest BCUT2D eigenvalue weighted by atomic mass is 10.1. The summed E-state index contributed by atoms with van der Waals surface area (Å²) < 4.78 is 5.31. The average Bonchev–Trinajstić information content (AvgIpc) is 2.45. The van der Waals surface area contributed by atoms with Crippen molar-refractivity contribution in [3.8, 4) is 0 Å². The summed E-state index contributed by atoms with van der Waals surface area (Å²) >= 11 is 11.4. The number of rotatable bonds is 4. The van der Waals surface area contributed by atoms with Gasteiger partial charge in [-0.05, 0) is 12.1 Å². The second kappa shape index (κ2) is 7.14. The number of pyridine rings is 1. The molecule has 1 aliphatic rings. The second-order valence-electron chi connectivity index (χ2n) is 4.55. The van der Waals surface area contributed by atoms with Crippen molar-refractivity contribution in [2.75, 3.05) is 33.0 Å². The number of nitrogens with zero attached hydrogens (tertiary/aromatic N) is 2. The van der Waals surface area contributed by atoms with Crippen molar-refractivity contribution in [3.05, 3.63) is 29.0 Å². The summed E-state index contributed by atoms with van der Waals surface area (Å²) in [6.07, 6.45) is 1.71. The molecule has 0 spiro atoms. The molecule has 1 aromatic rings. The van der Waals surface area contributed by atoms with Crippen molar-refractivity contribution in [1.82, 2.24) is 15.2 Å². The number of halogens is 1. The molecule has 6 heteroatoms. The highest BCUT2D eigenvalue weighted by Crippen LogP contribution is 2.17. The van der Waals surface area contributed by atoms with Crippen LogP contribution in [-0.2, 0) is 4.74 Å². The molecule has 0 aliphatic carbocycles. The highest BCUT2D eigenvalue weighted by atomic mass is 35.5. The molecule has 2 rings (SSSR count). The fourth-order valence-electron chi connectivity index (χ4n) is 1.89. The van der Waals surface area contributed by atoms with Gasteiger partial charge < -0.3 is 10.1 Å². The van der Waals surface area contributed by atoms with Crippen molar-refractivity contribution in [2.45, 2.75) is 12.8 Å². The van der Waals surface area contributed by atoms with Crippen LogP contribution in [0.3, 0.4) is 0 Å². The first-order chi connectivity index (χ1) is 9.16. The molecule has 1 fully saturated rings. The molecular weight excluding hydrogens is 282 g/mol.